The van der Waals surface area contributed by atoms with E-state index in [4.69, 9.17) is 4.98 Å². The van der Waals surface area contributed by atoms with Crippen LogP contribution < -0.4 is 5.32 Å². The van der Waals surface area contributed by atoms with Gasteiger partial charge in [-0.25, -0.2) is 4.98 Å². The average molecular weight is 404 g/mol. The largest absolute Gasteiger partial charge is 0.349 e. The standard InChI is InChI=1S/C24H25N3OS/c1-15-7-6-10-19(16(15)2)25-23(28)18-11-12-21-22(13-18)29-24-26-20(14-27(21)24)17-8-4-3-5-9-17/h3-5,8-9,11-16,19H,6-7,10H2,1-2H3,(H,25,28)/t15-,16-,19+/m1/s1. The van der Waals surface area contributed by atoms with Gasteiger partial charge in [0.2, 0.25) is 0 Å². The van der Waals surface area contributed by atoms with Crippen LogP contribution in [0, 0.1) is 11.8 Å². The maximum atomic E-state index is 12.9. The van der Waals surface area contributed by atoms with Crippen LogP contribution in [-0.4, -0.2) is 21.3 Å². The second-order valence-electron chi connectivity index (χ2n) is 8.28. The molecule has 0 saturated heterocycles. The van der Waals surface area contributed by atoms with Crippen molar-refractivity contribution in [2.24, 2.45) is 11.8 Å². The summed E-state index contributed by atoms with van der Waals surface area (Å²) in [5.41, 5.74) is 3.91. The Labute approximate surface area is 174 Å². The van der Waals surface area contributed by atoms with Gasteiger partial charge < -0.3 is 5.32 Å². The molecule has 5 heteroatoms. The third-order valence-electron chi connectivity index (χ3n) is 6.45. The molecular weight excluding hydrogens is 378 g/mol. The van der Waals surface area contributed by atoms with E-state index in [2.05, 4.69) is 41.9 Å². The van der Waals surface area contributed by atoms with Crippen molar-refractivity contribution in [3.8, 4) is 11.3 Å². The van der Waals surface area contributed by atoms with E-state index in [1.165, 1.54) is 12.8 Å². The predicted octanol–water partition coefficient (Wildman–Crippen LogP) is 5.77. The second kappa shape index (κ2) is 7.30. The van der Waals surface area contributed by atoms with Gasteiger partial charge in [0.1, 0.15) is 0 Å². The molecule has 4 aromatic rings. The molecule has 4 nitrogen and oxygen atoms in total. The van der Waals surface area contributed by atoms with Crippen molar-refractivity contribution in [3.63, 3.8) is 0 Å². The number of nitrogens with one attached hydrogen (secondary N) is 1. The number of imidazole rings is 1. The van der Waals surface area contributed by atoms with Gasteiger partial charge in [0, 0.05) is 23.4 Å². The van der Waals surface area contributed by atoms with Crippen molar-refractivity contribution < 1.29 is 4.79 Å². The Morgan fingerprint density at radius 2 is 1.97 bits per heavy atom. The molecule has 0 radical (unpaired) electrons. The number of thiazole rings is 1. The quantitative estimate of drug-likeness (QED) is 0.472. The van der Waals surface area contributed by atoms with Crippen LogP contribution in [0.1, 0.15) is 43.5 Å². The Morgan fingerprint density at radius 1 is 1.14 bits per heavy atom. The summed E-state index contributed by atoms with van der Waals surface area (Å²) in [4.78, 5) is 18.6. The van der Waals surface area contributed by atoms with Gasteiger partial charge in [-0.1, -0.05) is 68.4 Å². The molecule has 1 fully saturated rings. The minimum Gasteiger partial charge on any atom is -0.349 e. The number of benzene rings is 2. The number of carbonyl (C=O) groups excluding carboxylic acids is 1. The van der Waals surface area contributed by atoms with Crippen molar-refractivity contribution >= 4 is 32.4 Å². The first-order valence-corrected chi connectivity index (χ1v) is 11.2. The molecule has 0 bridgehead atoms. The summed E-state index contributed by atoms with van der Waals surface area (Å²) >= 11 is 1.63. The molecule has 0 spiro atoms. The van der Waals surface area contributed by atoms with Crippen LogP contribution in [0.3, 0.4) is 0 Å². The normalized spacial score (nSPS) is 22.2. The molecule has 1 saturated carbocycles. The lowest BCUT2D eigenvalue weighted by atomic mass is 9.78. The van der Waals surface area contributed by atoms with Crippen LogP contribution in [-0.2, 0) is 0 Å². The molecule has 1 aliphatic rings. The summed E-state index contributed by atoms with van der Waals surface area (Å²) in [6.45, 7) is 4.55. The SMILES string of the molecule is C[C@@H]1[C@H](C)CCC[C@@H]1NC(=O)c1ccc2c(c1)sc1nc(-c3ccccc3)cn12. The monoisotopic (exact) mass is 403 g/mol. The van der Waals surface area contributed by atoms with Gasteiger partial charge >= 0.3 is 0 Å². The molecule has 0 unspecified atom stereocenters. The Hall–Kier alpha value is -2.66. The molecule has 148 valence electrons. The van der Waals surface area contributed by atoms with E-state index in [-0.39, 0.29) is 11.9 Å². The predicted molar refractivity (Wildman–Crippen MR) is 119 cm³/mol. The summed E-state index contributed by atoms with van der Waals surface area (Å²) in [5, 5.41) is 3.28. The summed E-state index contributed by atoms with van der Waals surface area (Å²) in [7, 11) is 0. The summed E-state index contributed by atoms with van der Waals surface area (Å²) in [6.07, 6.45) is 5.61. The first-order valence-electron chi connectivity index (χ1n) is 10.4. The molecule has 5 rings (SSSR count). The van der Waals surface area contributed by atoms with Gasteiger partial charge in [-0.15, -0.1) is 0 Å². The maximum Gasteiger partial charge on any atom is 0.251 e. The molecule has 29 heavy (non-hydrogen) atoms. The second-order valence-corrected chi connectivity index (χ2v) is 9.29. The van der Waals surface area contributed by atoms with Crippen LogP contribution in [0.4, 0.5) is 0 Å². The number of amides is 1. The number of nitrogens with zero attached hydrogens (tertiary/aromatic N) is 2. The fraction of sp³-hybridized carbons (Fsp3) is 0.333. The molecule has 1 amide bonds. The molecule has 2 heterocycles. The van der Waals surface area contributed by atoms with Crippen LogP contribution in [0.25, 0.3) is 26.4 Å². The van der Waals surface area contributed by atoms with Crippen molar-refractivity contribution in [3.05, 3.63) is 60.3 Å². The Bertz CT molecular complexity index is 1180. The van der Waals surface area contributed by atoms with Crippen molar-refractivity contribution in [1.82, 2.24) is 14.7 Å². The van der Waals surface area contributed by atoms with Crippen molar-refractivity contribution in [2.75, 3.05) is 0 Å². The Morgan fingerprint density at radius 3 is 2.79 bits per heavy atom. The number of carbonyl (C=O) groups is 1. The average Bonchev–Trinajstić information content (AvgIpc) is 3.29. The van der Waals surface area contributed by atoms with Gasteiger partial charge in [0.25, 0.3) is 5.91 Å². The zero-order valence-corrected chi connectivity index (χ0v) is 17.6. The number of aromatic nitrogens is 2. The molecule has 2 aromatic carbocycles. The van der Waals surface area contributed by atoms with E-state index in [0.717, 1.165) is 38.4 Å². The molecule has 1 aliphatic carbocycles. The highest BCUT2D eigenvalue weighted by atomic mass is 32.1. The summed E-state index contributed by atoms with van der Waals surface area (Å²) < 4.78 is 3.21. The highest BCUT2D eigenvalue weighted by Gasteiger charge is 2.28. The van der Waals surface area contributed by atoms with Crippen LogP contribution in [0.5, 0.6) is 0 Å². The zero-order chi connectivity index (χ0) is 20.0. The minimum atomic E-state index is 0.0360. The summed E-state index contributed by atoms with van der Waals surface area (Å²) in [5.74, 6) is 1.23. The minimum absolute atomic E-state index is 0.0360. The fourth-order valence-corrected chi connectivity index (χ4v) is 5.47. The Balaban J connectivity index is 1.42. The molecular formula is C24H25N3OS. The van der Waals surface area contributed by atoms with Gasteiger partial charge in [-0.2, -0.15) is 0 Å². The third-order valence-corrected chi connectivity index (χ3v) is 7.47. The number of rotatable bonds is 3. The number of fused-ring (bicyclic) bond motifs is 3. The van der Waals surface area contributed by atoms with E-state index in [1.54, 1.807) is 11.3 Å². The van der Waals surface area contributed by atoms with E-state index in [0.29, 0.717) is 11.8 Å². The molecule has 0 aliphatic heterocycles. The third kappa shape index (κ3) is 3.33. The Kier molecular flexibility index (Phi) is 4.63. The van der Waals surface area contributed by atoms with Crippen molar-refractivity contribution in [2.45, 2.75) is 39.2 Å². The van der Waals surface area contributed by atoms with E-state index < -0.39 is 0 Å². The van der Waals surface area contributed by atoms with Crippen LogP contribution in [0.2, 0.25) is 0 Å². The lowest BCUT2D eigenvalue weighted by molar-refractivity contribution is 0.0891. The first-order chi connectivity index (χ1) is 14.1. The molecule has 2 aromatic heterocycles. The van der Waals surface area contributed by atoms with Gasteiger partial charge in [-0.05, 0) is 36.5 Å². The van der Waals surface area contributed by atoms with E-state index in [9.17, 15) is 4.79 Å². The lowest BCUT2D eigenvalue weighted by Crippen LogP contribution is -2.43. The van der Waals surface area contributed by atoms with Gasteiger partial charge in [0.05, 0.1) is 15.9 Å². The number of hydrogen-bond acceptors (Lipinski definition) is 3. The fourth-order valence-electron chi connectivity index (χ4n) is 4.43. The molecule has 3 atom stereocenters. The summed E-state index contributed by atoms with van der Waals surface area (Å²) in [6, 6.07) is 16.5. The molecule has 1 N–H and O–H groups in total. The maximum absolute atomic E-state index is 12.9. The van der Waals surface area contributed by atoms with E-state index in [1.807, 2.05) is 36.4 Å². The lowest BCUT2D eigenvalue weighted by Gasteiger charge is -2.34. The van der Waals surface area contributed by atoms with Crippen LogP contribution in [0.15, 0.2) is 54.7 Å². The topological polar surface area (TPSA) is 46.4 Å². The van der Waals surface area contributed by atoms with E-state index >= 15 is 0 Å². The highest BCUT2D eigenvalue weighted by molar-refractivity contribution is 7.23. The number of hydrogen-bond donors (Lipinski definition) is 1. The van der Waals surface area contributed by atoms with Gasteiger partial charge in [0.15, 0.2) is 4.96 Å². The first kappa shape index (κ1) is 18.4. The smallest absolute Gasteiger partial charge is 0.251 e. The van der Waals surface area contributed by atoms with Gasteiger partial charge in [-0.3, -0.25) is 9.20 Å². The van der Waals surface area contributed by atoms with Crippen LogP contribution >= 0.6 is 11.3 Å². The zero-order valence-electron chi connectivity index (χ0n) is 16.8. The van der Waals surface area contributed by atoms with Crippen molar-refractivity contribution in [1.29, 1.82) is 0 Å². The highest BCUT2D eigenvalue weighted by Crippen LogP contribution is 2.31.